The number of nitrogens with one attached hydrogen (secondary N) is 1. The molecule has 1 aliphatic heterocycles. The summed E-state index contributed by atoms with van der Waals surface area (Å²) in [5.74, 6) is 0.947. The van der Waals surface area contributed by atoms with E-state index < -0.39 is 0 Å². The number of aromatic nitrogens is 2. The highest BCUT2D eigenvalue weighted by Gasteiger charge is 2.54. The highest BCUT2D eigenvalue weighted by Crippen LogP contribution is 2.53. The number of rotatable bonds is 2. The van der Waals surface area contributed by atoms with Crippen molar-refractivity contribution >= 4 is 17.3 Å². The van der Waals surface area contributed by atoms with E-state index in [1.54, 1.807) is 0 Å². The minimum atomic E-state index is -0.367. The average Bonchev–Trinajstić information content (AvgIpc) is 3.01. The molecule has 1 aliphatic carbocycles. The first kappa shape index (κ1) is 15.3. The van der Waals surface area contributed by atoms with Crippen LogP contribution in [0.4, 0.5) is 5.82 Å². The van der Waals surface area contributed by atoms with Crippen molar-refractivity contribution in [3.8, 4) is 0 Å². The molecule has 0 saturated heterocycles. The van der Waals surface area contributed by atoms with Gasteiger partial charge >= 0.3 is 0 Å². The summed E-state index contributed by atoms with van der Waals surface area (Å²) in [5, 5.41) is 7.29. The van der Waals surface area contributed by atoms with Crippen LogP contribution in [0.1, 0.15) is 51.2 Å². The van der Waals surface area contributed by atoms with Gasteiger partial charge in [-0.3, -0.25) is 9.89 Å². The van der Waals surface area contributed by atoms with E-state index in [9.17, 15) is 4.79 Å². The number of Topliss-reactive ketones (excluding diaryl/α,β-unsaturated/α-hetero) is 1. The van der Waals surface area contributed by atoms with E-state index in [2.05, 4.69) is 55.2 Å². The molecule has 24 heavy (non-hydrogen) atoms. The molecule has 1 fully saturated rings. The second-order valence-corrected chi connectivity index (χ2v) is 7.84. The lowest BCUT2D eigenvalue weighted by molar-refractivity contribution is -0.125. The number of hydrogen-bond acceptors (Lipinski definition) is 3. The Morgan fingerprint density at radius 1 is 1.21 bits per heavy atom. The van der Waals surface area contributed by atoms with Crippen LogP contribution in [-0.4, -0.2) is 21.7 Å². The van der Waals surface area contributed by atoms with Gasteiger partial charge in [-0.25, -0.2) is 4.99 Å². The number of benzene rings is 1. The number of nitrogens with zero attached hydrogens (tertiary/aromatic N) is 2. The third-order valence-electron chi connectivity index (χ3n) is 5.66. The quantitative estimate of drug-likeness (QED) is 0.901. The summed E-state index contributed by atoms with van der Waals surface area (Å²) >= 11 is 0. The highest BCUT2D eigenvalue weighted by atomic mass is 16.1. The monoisotopic (exact) mass is 321 g/mol. The normalized spacial score (nSPS) is 28.0. The van der Waals surface area contributed by atoms with E-state index in [0.717, 1.165) is 29.9 Å². The number of H-pyrrole nitrogens is 1. The van der Waals surface area contributed by atoms with Crippen molar-refractivity contribution < 1.29 is 4.79 Å². The van der Waals surface area contributed by atoms with Crippen molar-refractivity contribution in [2.45, 2.75) is 45.4 Å². The molecule has 0 radical (unpaired) electrons. The van der Waals surface area contributed by atoms with Crippen LogP contribution in [-0.2, 0) is 10.2 Å². The summed E-state index contributed by atoms with van der Waals surface area (Å²) in [7, 11) is 0. The van der Waals surface area contributed by atoms with Gasteiger partial charge in [-0.05, 0) is 23.8 Å². The molecule has 2 aromatic rings. The molecule has 2 atom stereocenters. The van der Waals surface area contributed by atoms with Gasteiger partial charge in [0.05, 0.1) is 12.1 Å². The minimum absolute atomic E-state index is 0.0277. The van der Waals surface area contributed by atoms with Gasteiger partial charge in [0.25, 0.3) is 0 Å². The Morgan fingerprint density at radius 2 is 1.96 bits per heavy atom. The molecule has 124 valence electrons. The molecule has 0 spiro atoms. The molecule has 1 saturated carbocycles. The van der Waals surface area contributed by atoms with Gasteiger partial charge in [-0.15, -0.1) is 0 Å². The largest absolute Gasteiger partial charge is 0.299 e. The van der Waals surface area contributed by atoms with Crippen molar-refractivity contribution in [2.24, 2.45) is 16.3 Å². The lowest BCUT2D eigenvalue weighted by Gasteiger charge is -2.47. The van der Waals surface area contributed by atoms with Crippen LogP contribution >= 0.6 is 0 Å². The molecule has 4 heteroatoms. The van der Waals surface area contributed by atoms with Gasteiger partial charge in [0.1, 0.15) is 5.78 Å². The standard InChI is InChI=1S/C20H23N3O/c1-4-20(13-8-6-5-7-9-13)14-12-21-23-18(14)22-15-10-19(2,3)11-16(24)17(15)20/h5-9,12,17H,4,10-11H2,1-3H3,(H,21,23)/t17-,20-/m0/s1. The summed E-state index contributed by atoms with van der Waals surface area (Å²) < 4.78 is 0. The maximum absolute atomic E-state index is 13.2. The molecule has 1 N–H and O–H groups in total. The number of carbonyl (C=O) groups excluding carboxylic acids is 1. The molecule has 1 aromatic heterocycles. The van der Waals surface area contributed by atoms with Gasteiger partial charge in [0.15, 0.2) is 5.82 Å². The zero-order valence-electron chi connectivity index (χ0n) is 14.5. The van der Waals surface area contributed by atoms with Crippen LogP contribution in [0.2, 0.25) is 0 Å². The average molecular weight is 321 g/mol. The Balaban J connectivity index is 1.99. The van der Waals surface area contributed by atoms with Gasteiger partial charge in [0.2, 0.25) is 0 Å². The van der Waals surface area contributed by atoms with E-state index >= 15 is 0 Å². The fraction of sp³-hybridized carbons (Fsp3) is 0.450. The van der Waals surface area contributed by atoms with Crippen molar-refractivity contribution in [1.82, 2.24) is 10.2 Å². The number of aromatic amines is 1. The van der Waals surface area contributed by atoms with E-state index in [4.69, 9.17) is 4.99 Å². The van der Waals surface area contributed by atoms with Gasteiger partial charge in [-0.1, -0.05) is 51.1 Å². The summed E-state index contributed by atoms with van der Waals surface area (Å²) in [6, 6.07) is 10.4. The van der Waals surface area contributed by atoms with E-state index in [1.807, 2.05) is 12.3 Å². The second-order valence-electron chi connectivity index (χ2n) is 7.84. The first-order chi connectivity index (χ1) is 11.5. The lowest BCUT2D eigenvalue weighted by atomic mass is 9.55. The fourth-order valence-corrected chi connectivity index (χ4v) is 4.72. The Hall–Kier alpha value is -2.23. The Morgan fingerprint density at radius 3 is 2.67 bits per heavy atom. The molecule has 0 bridgehead atoms. The number of aliphatic imine (C=N–C) groups is 1. The molecule has 1 aromatic carbocycles. The van der Waals surface area contributed by atoms with Crippen molar-refractivity contribution in [2.75, 3.05) is 0 Å². The highest BCUT2D eigenvalue weighted by molar-refractivity contribution is 6.11. The Labute approximate surface area is 142 Å². The predicted octanol–water partition coefficient (Wildman–Crippen LogP) is 4.20. The van der Waals surface area contributed by atoms with Gasteiger partial charge < -0.3 is 0 Å². The third kappa shape index (κ3) is 2.02. The Bertz CT molecular complexity index is 818. The molecule has 2 aliphatic rings. The van der Waals surface area contributed by atoms with Crippen molar-refractivity contribution in [3.63, 3.8) is 0 Å². The summed E-state index contributed by atoms with van der Waals surface area (Å²) in [4.78, 5) is 18.0. The van der Waals surface area contributed by atoms with Gasteiger partial charge in [0, 0.05) is 23.1 Å². The molecular formula is C20H23N3O. The zero-order chi connectivity index (χ0) is 16.9. The van der Waals surface area contributed by atoms with Crippen molar-refractivity contribution in [1.29, 1.82) is 0 Å². The molecule has 0 amide bonds. The lowest BCUT2D eigenvalue weighted by Crippen LogP contribution is -2.51. The van der Waals surface area contributed by atoms with Crippen LogP contribution in [0.15, 0.2) is 41.5 Å². The number of ketones is 1. The molecule has 0 unspecified atom stereocenters. The van der Waals surface area contributed by atoms with Crippen LogP contribution in [0, 0.1) is 11.3 Å². The van der Waals surface area contributed by atoms with E-state index in [1.165, 1.54) is 5.56 Å². The molecule has 4 nitrogen and oxygen atoms in total. The molecular weight excluding hydrogens is 298 g/mol. The summed E-state index contributed by atoms with van der Waals surface area (Å²) in [6.45, 7) is 6.48. The van der Waals surface area contributed by atoms with Gasteiger partial charge in [-0.2, -0.15) is 5.10 Å². The maximum Gasteiger partial charge on any atom is 0.151 e. The number of hydrogen-bond donors (Lipinski definition) is 1. The summed E-state index contributed by atoms with van der Waals surface area (Å²) in [5.41, 5.74) is 2.85. The first-order valence-corrected chi connectivity index (χ1v) is 8.67. The van der Waals surface area contributed by atoms with Crippen molar-refractivity contribution in [3.05, 3.63) is 47.7 Å². The van der Waals surface area contributed by atoms with E-state index in [0.29, 0.717) is 12.2 Å². The van der Waals surface area contributed by atoms with Crippen LogP contribution in [0.3, 0.4) is 0 Å². The molecule has 4 rings (SSSR count). The number of fused-ring (bicyclic) bond motifs is 2. The van der Waals surface area contributed by atoms with E-state index in [-0.39, 0.29) is 16.7 Å². The Kier molecular flexibility index (Phi) is 3.27. The second kappa shape index (κ2) is 5.13. The topological polar surface area (TPSA) is 58.1 Å². The fourth-order valence-electron chi connectivity index (χ4n) is 4.72. The van der Waals surface area contributed by atoms with Crippen LogP contribution in [0.5, 0.6) is 0 Å². The minimum Gasteiger partial charge on any atom is -0.299 e. The zero-order valence-corrected chi connectivity index (χ0v) is 14.5. The smallest absolute Gasteiger partial charge is 0.151 e. The maximum atomic E-state index is 13.2. The first-order valence-electron chi connectivity index (χ1n) is 8.67. The predicted molar refractivity (Wildman–Crippen MR) is 94.7 cm³/mol. The number of carbonyl (C=O) groups is 1. The third-order valence-corrected chi connectivity index (χ3v) is 5.66. The summed E-state index contributed by atoms with van der Waals surface area (Å²) in [6.07, 6.45) is 4.17. The van der Waals surface area contributed by atoms with Crippen LogP contribution in [0.25, 0.3) is 0 Å². The SMILES string of the molecule is CC[C@]1(c2ccccc2)c2cn[nH]c2N=C2CC(C)(C)CC(=O)[C@H]21. The van der Waals surface area contributed by atoms with Crippen LogP contribution < -0.4 is 0 Å². The molecule has 2 heterocycles.